The Bertz CT molecular complexity index is 848. The molecule has 4 nitrogen and oxygen atoms in total. The summed E-state index contributed by atoms with van der Waals surface area (Å²) < 4.78 is 8.28. The van der Waals surface area contributed by atoms with Gasteiger partial charge in [0.25, 0.3) is 0 Å². The van der Waals surface area contributed by atoms with Crippen molar-refractivity contribution in [1.29, 1.82) is 0 Å². The number of pyridine rings is 1. The quantitative estimate of drug-likeness (QED) is 0.744. The van der Waals surface area contributed by atoms with E-state index in [1.807, 2.05) is 36.5 Å². The maximum atomic E-state index is 6.18. The van der Waals surface area contributed by atoms with Crippen LogP contribution >= 0.6 is 0 Å². The number of imidazole rings is 1. The van der Waals surface area contributed by atoms with Crippen LogP contribution in [-0.4, -0.2) is 9.38 Å². The number of aromatic nitrogens is 2. The van der Waals surface area contributed by atoms with Crippen molar-refractivity contribution in [2.75, 3.05) is 0 Å². The number of para-hydroxylation sites is 1. The van der Waals surface area contributed by atoms with Crippen molar-refractivity contribution >= 4 is 5.65 Å². The van der Waals surface area contributed by atoms with Gasteiger partial charge in [-0.05, 0) is 43.7 Å². The molecule has 0 unspecified atom stereocenters. The average molecular weight is 279 g/mol. The van der Waals surface area contributed by atoms with Gasteiger partial charge in [-0.1, -0.05) is 12.1 Å². The molecule has 0 fully saturated rings. The van der Waals surface area contributed by atoms with Crippen molar-refractivity contribution in [3.05, 3.63) is 53.9 Å². The highest BCUT2D eigenvalue weighted by atomic mass is 16.5. The minimum Gasteiger partial charge on any atom is -0.481 e. The zero-order valence-corrected chi connectivity index (χ0v) is 12.1. The van der Waals surface area contributed by atoms with Crippen LogP contribution in [0.5, 0.6) is 5.75 Å². The Morgan fingerprint density at radius 2 is 2.05 bits per heavy atom. The lowest BCUT2D eigenvalue weighted by atomic mass is 9.95. The Labute approximate surface area is 123 Å². The molecule has 2 N–H and O–H groups in total. The Hall–Kier alpha value is -2.33. The molecule has 1 aromatic carbocycles. The number of benzene rings is 1. The molecule has 0 saturated carbocycles. The standard InChI is InChI=1S/C17H17N3O/c1-17(2)16-15(12-5-3-4-6-13(12)21-17)19-14-9-11(10-18)7-8-20(14)16/h3-9H,10,18H2,1-2H3. The van der Waals surface area contributed by atoms with Crippen LogP contribution in [0.1, 0.15) is 25.1 Å². The molecule has 1 aliphatic rings. The molecule has 0 radical (unpaired) electrons. The molecule has 0 amide bonds. The van der Waals surface area contributed by atoms with Gasteiger partial charge in [-0.25, -0.2) is 4.98 Å². The van der Waals surface area contributed by atoms with E-state index in [0.29, 0.717) is 6.54 Å². The molecule has 0 bridgehead atoms. The van der Waals surface area contributed by atoms with E-state index in [9.17, 15) is 0 Å². The van der Waals surface area contributed by atoms with E-state index in [1.165, 1.54) is 0 Å². The maximum Gasteiger partial charge on any atom is 0.146 e. The molecule has 2 aromatic heterocycles. The first kappa shape index (κ1) is 12.4. The van der Waals surface area contributed by atoms with Crippen molar-refractivity contribution in [2.45, 2.75) is 26.0 Å². The fraction of sp³-hybridized carbons (Fsp3) is 0.235. The summed E-state index contributed by atoms with van der Waals surface area (Å²) in [4.78, 5) is 4.83. The number of nitrogens with two attached hydrogens (primary N) is 1. The minimum atomic E-state index is -0.423. The van der Waals surface area contributed by atoms with Crippen LogP contribution in [-0.2, 0) is 12.1 Å². The normalized spacial score (nSPS) is 15.4. The Morgan fingerprint density at radius 3 is 2.86 bits per heavy atom. The van der Waals surface area contributed by atoms with E-state index >= 15 is 0 Å². The topological polar surface area (TPSA) is 52.5 Å². The molecule has 21 heavy (non-hydrogen) atoms. The smallest absolute Gasteiger partial charge is 0.146 e. The molecule has 4 heteroatoms. The SMILES string of the molecule is CC1(C)Oc2ccccc2-c2nc3cc(CN)ccn3c21. The summed E-state index contributed by atoms with van der Waals surface area (Å²) in [7, 11) is 0. The van der Waals surface area contributed by atoms with Gasteiger partial charge in [0.15, 0.2) is 0 Å². The molecule has 1 aliphatic heterocycles. The van der Waals surface area contributed by atoms with Gasteiger partial charge in [0, 0.05) is 18.3 Å². The molecule has 0 aliphatic carbocycles. The highest BCUT2D eigenvalue weighted by molar-refractivity contribution is 5.75. The zero-order chi connectivity index (χ0) is 14.6. The molecule has 0 spiro atoms. The number of rotatable bonds is 1. The van der Waals surface area contributed by atoms with Crippen LogP contribution in [0.4, 0.5) is 0 Å². The van der Waals surface area contributed by atoms with Crippen LogP contribution in [0.25, 0.3) is 16.9 Å². The molecule has 0 atom stereocenters. The Morgan fingerprint density at radius 1 is 1.24 bits per heavy atom. The van der Waals surface area contributed by atoms with E-state index in [1.54, 1.807) is 0 Å². The lowest BCUT2D eigenvalue weighted by Crippen LogP contribution is -2.30. The van der Waals surface area contributed by atoms with E-state index in [-0.39, 0.29) is 0 Å². The first-order chi connectivity index (χ1) is 10.1. The van der Waals surface area contributed by atoms with Crippen LogP contribution in [0, 0.1) is 0 Å². The summed E-state index contributed by atoms with van der Waals surface area (Å²) in [6, 6.07) is 12.1. The number of ether oxygens (including phenoxy) is 1. The molecule has 4 rings (SSSR count). The van der Waals surface area contributed by atoms with Crippen molar-refractivity contribution in [3.63, 3.8) is 0 Å². The van der Waals surface area contributed by atoms with Crippen LogP contribution in [0.3, 0.4) is 0 Å². The van der Waals surface area contributed by atoms with E-state index < -0.39 is 5.60 Å². The highest BCUT2D eigenvalue weighted by Crippen LogP contribution is 2.44. The Kier molecular flexibility index (Phi) is 2.41. The maximum absolute atomic E-state index is 6.18. The van der Waals surface area contributed by atoms with Crippen LogP contribution < -0.4 is 10.5 Å². The fourth-order valence-electron chi connectivity index (χ4n) is 3.05. The van der Waals surface area contributed by atoms with Crippen molar-refractivity contribution in [2.24, 2.45) is 5.73 Å². The van der Waals surface area contributed by atoms with Gasteiger partial charge in [0.05, 0.1) is 5.69 Å². The highest BCUT2D eigenvalue weighted by Gasteiger charge is 2.36. The molecular formula is C17H17N3O. The summed E-state index contributed by atoms with van der Waals surface area (Å²) in [5.41, 5.74) is 10.4. The second-order valence-electron chi connectivity index (χ2n) is 5.88. The molecule has 3 heterocycles. The minimum absolute atomic E-state index is 0.423. The van der Waals surface area contributed by atoms with Gasteiger partial charge in [-0.15, -0.1) is 0 Å². The first-order valence-corrected chi connectivity index (χ1v) is 7.10. The van der Waals surface area contributed by atoms with Crippen molar-refractivity contribution < 1.29 is 4.74 Å². The van der Waals surface area contributed by atoms with E-state index in [2.05, 4.69) is 24.3 Å². The second kappa shape index (κ2) is 4.09. The van der Waals surface area contributed by atoms with Crippen molar-refractivity contribution in [3.8, 4) is 17.0 Å². The third kappa shape index (κ3) is 1.69. The summed E-state index contributed by atoms with van der Waals surface area (Å²) in [5, 5.41) is 0. The third-order valence-corrected chi connectivity index (χ3v) is 4.00. The van der Waals surface area contributed by atoms with Crippen LogP contribution in [0.2, 0.25) is 0 Å². The van der Waals surface area contributed by atoms with E-state index in [0.717, 1.165) is 33.9 Å². The number of hydrogen-bond donors (Lipinski definition) is 1. The van der Waals surface area contributed by atoms with Gasteiger partial charge >= 0.3 is 0 Å². The summed E-state index contributed by atoms with van der Waals surface area (Å²) in [6.07, 6.45) is 2.03. The van der Waals surface area contributed by atoms with Crippen LogP contribution in [0.15, 0.2) is 42.6 Å². The number of fused-ring (bicyclic) bond motifs is 5. The largest absolute Gasteiger partial charge is 0.481 e. The fourth-order valence-corrected chi connectivity index (χ4v) is 3.05. The van der Waals surface area contributed by atoms with Gasteiger partial charge < -0.3 is 10.5 Å². The van der Waals surface area contributed by atoms with Gasteiger partial charge in [-0.3, -0.25) is 4.40 Å². The lowest BCUT2D eigenvalue weighted by molar-refractivity contribution is 0.0996. The third-order valence-electron chi connectivity index (χ3n) is 4.00. The molecule has 0 saturated heterocycles. The number of nitrogens with zero attached hydrogens (tertiary/aromatic N) is 2. The zero-order valence-electron chi connectivity index (χ0n) is 12.1. The van der Waals surface area contributed by atoms with E-state index in [4.69, 9.17) is 15.5 Å². The molecule has 3 aromatic rings. The number of hydrogen-bond acceptors (Lipinski definition) is 3. The second-order valence-corrected chi connectivity index (χ2v) is 5.88. The molecular weight excluding hydrogens is 262 g/mol. The first-order valence-electron chi connectivity index (χ1n) is 7.10. The lowest BCUT2D eigenvalue weighted by Gasteiger charge is -2.32. The van der Waals surface area contributed by atoms with Crippen molar-refractivity contribution in [1.82, 2.24) is 9.38 Å². The van der Waals surface area contributed by atoms with Gasteiger partial charge in [0.1, 0.15) is 22.7 Å². The predicted molar refractivity (Wildman–Crippen MR) is 82.2 cm³/mol. The summed E-state index contributed by atoms with van der Waals surface area (Å²) in [5.74, 6) is 0.887. The monoisotopic (exact) mass is 279 g/mol. The predicted octanol–water partition coefficient (Wildman–Crippen LogP) is 3.09. The molecule has 106 valence electrons. The average Bonchev–Trinajstić information content (AvgIpc) is 2.86. The summed E-state index contributed by atoms with van der Waals surface area (Å²) >= 11 is 0. The van der Waals surface area contributed by atoms with Gasteiger partial charge in [-0.2, -0.15) is 0 Å². The summed E-state index contributed by atoms with van der Waals surface area (Å²) in [6.45, 7) is 4.67. The Balaban J connectivity index is 2.09. The van der Waals surface area contributed by atoms with Gasteiger partial charge in [0.2, 0.25) is 0 Å².